The second-order valence-corrected chi connectivity index (χ2v) is 8.13. The lowest BCUT2D eigenvalue weighted by Gasteiger charge is -2.24. The number of amides is 1. The summed E-state index contributed by atoms with van der Waals surface area (Å²) in [4.78, 5) is 32.9. The summed E-state index contributed by atoms with van der Waals surface area (Å²) in [6, 6.07) is 25.0. The van der Waals surface area contributed by atoms with Crippen LogP contribution in [-0.2, 0) is 11.4 Å². The number of aromatic amines is 1. The fourth-order valence-electron chi connectivity index (χ4n) is 4.12. The van der Waals surface area contributed by atoms with Gasteiger partial charge in [-0.2, -0.15) is 0 Å². The van der Waals surface area contributed by atoms with Crippen molar-refractivity contribution in [1.29, 1.82) is 0 Å². The Morgan fingerprint density at radius 1 is 0.939 bits per heavy atom. The van der Waals surface area contributed by atoms with Crippen molar-refractivity contribution in [3.05, 3.63) is 111 Å². The number of hydrogen-bond donors (Lipinski definition) is 2. The Morgan fingerprint density at radius 3 is 2.42 bits per heavy atom. The van der Waals surface area contributed by atoms with Crippen LogP contribution in [0.25, 0.3) is 11.4 Å². The third-order valence-corrected chi connectivity index (χ3v) is 5.94. The second kappa shape index (κ2) is 8.74. The van der Waals surface area contributed by atoms with Crippen molar-refractivity contribution in [1.82, 2.24) is 9.97 Å². The van der Waals surface area contributed by atoms with E-state index in [9.17, 15) is 9.59 Å². The molecule has 0 saturated heterocycles. The van der Waals surface area contributed by atoms with Crippen LogP contribution >= 0.6 is 0 Å². The molecule has 0 radical (unpaired) electrons. The molecular formula is C27H23N3O3. The van der Waals surface area contributed by atoms with Crippen molar-refractivity contribution in [2.24, 2.45) is 0 Å². The van der Waals surface area contributed by atoms with Crippen LogP contribution in [-0.4, -0.2) is 15.9 Å². The number of nitrogens with zero attached hydrogens (tertiary/aromatic N) is 1. The molecule has 2 heterocycles. The summed E-state index contributed by atoms with van der Waals surface area (Å²) in [6.07, 6.45) is 0.186. The summed E-state index contributed by atoms with van der Waals surface area (Å²) < 4.78 is 5.93. The van der Waals surface area contributed by atoms with Crippen molar-refractivity contribution < 1.29 is 9.53 Å². The molecule has 0 spiro atoms. The minimum Gasteiger partial charge on any atom is -0.489 e. The van der Waals surface area contributed by atoms with Crippen LogP contribution in [0, 0.1) is 6.92 Å². The molecule has 1 aliphatic heterocycles. The van der Waals surface area contributed by atoms with E-state index >= 15 is 0 Å². The van der Waals surface area contributed by atoms with Crippen molar-refractivity contribution in [3.8, 4) is 17.1 Å². The molecule has 1 aromatic heterocycles. The Labute approximate surface area is 191 Å². The van der Waals surface area contributed by atoms with Gasteiger partial charge in [-0.3, -0.25) is 9.59 Å². The van der Waals surface area contributed by atoms with E-state index in [1.807, 2.05) is 72.8 Å². The number of hydrogen-bond acceptors (Lipinski definition) is 4. The van der Waals surface area contributed by atoms with Crippen molar-refractivity contribution >= 4 is 11.7 Å². The first-order valence-electron chi connectivity index (χ1n) is 10.9. The monoisotopic (exact) mass is 437 g/mol. The molecule has 2 N–H and O–H groups in total. The van der Waals surface area contributed by atoms with Gasteiger partial charge in [-0.15, -0.1) is 0 Å². The Morgan fingerprint density at radius 2 is 1.67 bits per heavy atom. The van der Waals surface area contributed by atoms with Gasteiger partial charge in [0, 0.05) is 17.9 Å². The normalized spacial score (nSPS) is 14.9. The molecular weight excluding hydrogens is 414 g/mol. The number of aryl methyl sites for hydroxylation is 1. The Hall–Kier alpha value is -4.19. The number of rotatable bonds is 5. The Balaban J connectivity index is 1.42. The van der Waals surface area contributed by atoms with Gasteiger partial charge in [0.25, 0.3) is 5.56 Å². The van der Waals surface area contributed by atoms with Crippen LogP contribution in [0.5, 0.6) is 5.75 Å². The van der Waals surface area contributed by atoms with Gasteiger partial charge in [0.2, 0.25) is 5.91 Å². The molecule has 3 aromatic carbocycles. The van der Waals surface area contributed by atoms with Gasteiger partial charge in [-0.05, 0) is 35.7 Å². The summed E-state index contributed by atoms with van der Waals surface area (Å²) in [7, 11) is 0. The van der Waals surface area contributed by atoms with Crippen LogP contribution in [0.1, 0.15) is 34.6 Å². The second-order valence-electron chi connectivity index (χ2n) is 8.13. The first kappa shape index (κ1) is 20.7. The number of nitrogens with one attached hydrogen (secondary N) is 2. The topological polar surface area (TPSA) is 84.1 Å². The average Bonchev–Trinajstić information content (AvgIpc) is 2.83. The number of benzene rings is 3. The highest BCUT2D eigenvalue weighted by Crippen LogP contribution is 2.35. The third kappa shape index (κ3) is 4.28. The zero-order valence-electron chi connectivity index (χ0n) is 18.2. The lowest BCUT2D eigenvalue weighted by molar-refractivity contribution is -0.116. The van der Waals surface area contributed by atoms with E-state index in [0.717, 1.165) is 22.4 Å². The maximum Gasteiger partial charge on any atom is 0.257 e. The SMILES string of the molecule is Cc1ccccc1COc1ccc(C2CC(=O)Nc3nc(-c4ccccc4)[nH]c(=O)c32)cc1. The zero-order chi connectivity index (χ0) is 22.8. The van der Waals surface area contributed by atoms with Gasteiger partial charge in [0.05, 0.1) is 5.56 Å². The number of carbonyl (C=O) groups excluding carboxylic acids is 1. The summed E-state index contributed by atoms with van der Waals surface area (Å²) in [6.45, 7) is 2.54. The summed E-state index contributed by atoms with van der Waals surface area (Å²) in [5.41, 5.74) is 4.19. The number of carbonyl (C=O) groups is 1. The maximum atomic E-state index is 13.0. The fraction of sp³-hybridized carbons (Fsp3) is 0.148. The molecule has 1 amide bonds. The molecule has 6 nitrogen and oxygen atoms in total. The van der Waals surface area contributed by atoms with E-state index in [1.165, 1.54) is 5.56 Å². The van der Waals surface area contributed by atoms with Crippen molar-refractivity contribution in [2.45, 2.75) is 25.9 Å². The molecule has 0 saturated carbocycles. The molecule has 1 atom stereocenters. The van der Waals surface area contributed by atoms with Crippen molar-refractivity contribution in [2.75, 3.05) is 5.32 Å². The number of ether oxygens (including phenoxy) is 1. The highest BCUT2D eigenvalue weighted by molar-refractivity contribution is 5.94. The summed E-state index contributed by atoms with van der Waals surface area (Å²) in [5, 5.41) is 2.77. The molecule has 6 heteroatoms. The summed E-state index contributed by atoms with van der Waals surface area (Å²) in [5.74, 6) is 0.942. The Kier molecular flexibility index (Phi) is 5.48. The molecule has 5 rings (SSSR count). The molecule has 33 heavy (non-hydrogen) atoms. The van der Waals surface area contributed by atoms with E-state index < -0.39 is 0 Å². The van der Waals surface area contributed by atoms with Gasteiger partial charge >= 0.3 is 0 Å². The molecule has 1 unspecified atom stereocenters. The van der Waals surface area contributed by atoms with Gasteiger partial charge < -0.3 is 15.0 Å². The molecule has 0 bridgehead atoms. The quantitative estimate of drug-likeness (QED) is 0.470. The van der Waals surface area contributed by atoms with E-state index in [2.05, 4.69) is 28.3 Å². The van der Waals surface area contributed by atoms with E-state index in [0.29, 0.717) is 23.8 Å². The lowest BCUT2D eigenvalue weighted by atomic mass is 9.87. The number of aromatic nitrogens is 2. The number of anilines is 1. The average molecular weight is 437 g/mol. The van der Waals surface area contributed by atoms with Crippen LogP contribution in [0.15, 0.2) is 83.7 Å². The highest BCUT2D eigenvalue weighted by Gasteiger charge is 2.31. The van der Waals surface area contributed by atoms with Gasteiger partial charge in [-0.25, -0.2) is 4.98 Å². The first-order valence-corrected chi connectivity index (χ1v) is 10.9. The molecule has 164 valence electrons. The molecule has 4 aromatic rings. The predicted molar refractivity (Wildman–Crippen MR) is 127 cm³/mol. The van der Waals surface area contributed by atoms with Gasteiger partial charge in [0.15, 0.2) is 0 Å². The number of fused-ring (bicyclic) bond motifs is 1. The van der Waals surface area contributed by atoms with Crippen LogP contribution in [0.3, 0.4) is 0 Å². The van der Waals surface area contributed by atoms with Crippen molar-refractivity contribution in [3.63, 3.8) is 0 Å². The highest BCUT2D eigenvalue weighted by atomic mass is 16.5. The summed E-state index contributed by atoms with van der Waals surface area (Å²) >= 11 is 0. The van der Waals surface area contributed by atoms with Crippen LogP contribution < -0.4 is 15.6 Å². The standard InChI is InChI=1S/C27H23N3O3/c1-17-7-5-6-10-20(17)16-33-21-13-11-18(12-14-21)22-15-23(31)28-26-24(22)27(32)30-25(29-26)19-8-3-2-4-9-19/h2-14,22H,15-16H2,1H3,(H2,28,29,30,31,32). The minimum absolute atomic E-state index is 0.163. The predicted octanol–water partition coefficient (Wildman–Crippen LogP) is 4.80. The van der Waals surface area contributed by atoms with Crippen LogP contribution in [0.4, 0.5) is 5.82 Å². The maximum absolute atomic E-state index is 13.0. The third-order valence-electron chi connectivity index (χ3n) is 5.94. The lowest BCUT2D eigenvalue weighted by Crippen LogP contribution is -2.31. The largest absolute Gasteiger partial charge is 0.489 e. The smallest absolute Gasteiger partial charge is 0.257 e. The van der Waals surface area contributed by atoms with Gasteiger partial charge in [0.1, 0.15) is 24.0 Å². The fourth-order valence-corrected chi connectivity index (χ4v) is 4.12. The molecule has 0 fully saturated rings. The zero-order valence-corrected chi connectivity index (χ0v) is 18.2. The van der Waals surface area contributed by atoms with E-state index in [4.69, 9.17) is 4.74 Å². The van der Waals surface area contributed by atoms with Gasteiger partial charge in [-0.1, -0.05) is 66.7 Å². The van der Waals surface area contributed by atoms with E-state index in [1.54, 1.807) is 0 Å². The van der Waals surface area contributed by atoms with Crippen LogP contribution in [0.2, 0.25) is 0 Å². The first-order chi connectivity index (χ1) is 16.1. The van der Waals surface area contributed by atoms with E-state index in [-0.39, 0.29) is 23.8 Å². The Bertz CT molecular complexity index is 1360. The number of H-pyrrole nitrogens is 1. The molecule has 1 aliphatic rings. The minimum atomic E-state index is -0.375. The molecule has 0 aliphatic carbocycles.